The van der Waals surface area contributed by atoms with E-state index in [1.54, 1.807) is 12.1 Å². The monoisotopic (exact) mass is 265 g/mol. The van der Waals surface area contributed by atoms with Crippen molar-refractivity contribution in [1.82, 2.24) is 0 Å². The Balaban J connectivity index is 2.15. The van der Waals surface area contributed by atoms with Gasteiger partial charge in [0, 0.05) is 30.8 Å². The molecule has 7 heteroatoms. The van der Waals surface area contributed by atoms with E-state index in [0.717, 1.165) is 4.73 Å². The maximum Gasteiger partial charge on any atom is 0.350 e. The molecule has 2 heterocycles. The van der Waals surface area contributed by atoms with Gasteiger partial charge in [0.2, 0.25) is 12.4 Å². The van der Waals surface area contributed by atoms with Crippen LogP contribution >= 0.6 is 0 Å². The first-order chi connectivity index (χ1) is 8.87. The van der Waals surface area contributed by atoms with Gasteiger partial charge in [-0.2, -0.15) is 0 Å². The molecule has 1 aliphatic rings. The van der Waals surface area contributed by atoms with E-state index in [1.807, 2.05) is 0 Å². The fourth-order valence-corrected chi connectivity index (χ4v) is 1.48. The summed E-state index contributed by atoms with van der Waals surface area (Å²) in [5.74, 6) is -2.78. The summed E-state index contributed by atoms with van der Waals surface area (Å²) in [4.78, 5) is 23.2. The number of aromatic nitrogens is 1. The minimum Gasteiger partial charge on any atom is -0.419 e. The van der Waals surface area contributed by atoms with Crippen LogP contribution in [0.3, 0.4) is 0 Å². The Labute approximate surface area is 109 Å². The van der Waals surface area contributed by atoms with Gasteiger partial charge in [-0.05, 0) is 6.07 Å². The average molecular weight is 265 g/mol. The second-order valence-electron chi connectivity index (χ2n) is 4.35. The van der Waals surface area contributed by atoms with Gasteiger partial charge in [-0.15, -0.1) is 0 Å². The molecule has 7 nitrogen and oxygen atoms in total. The highest BCUT2D eigenvalue weighted by Crippen LogP contribution is 2.22. The number of hydrogen-bond acceptors (Lipinski definition) is 6. The second kappa shape index (κ2) is 4.60. The Bertz CT molecular complexity index is 543. The van der Waals surface area contributed by atoms with Crippen LogP contribution in [-0.4, -0.2) is 22.9 Å². The SMILES string of the molecule is CC1(C)OC(=O)C(=CNc2ccc[n+](O)c2)C(=O)O1. The van der Waals surface area contributed by atoms with E-state index in [1.165, 1.54) is 32.4 Å². The minimum atomic E-state index is -1.26. The predicted octanol–water partition coefficient (Wildman–Crippen LogP) is 0.343. The minimum absolute atomic E-state index is 0.243. The molecule has 0 spiro atoms. The van der Waals surface area contributed by atoms with Crippen LogP contribution in [0, 0.1) is 0 Å². The number of carbonyl (C=O) groups is 2. The summed E-state index contributed by atoms with van der Waals surface area (Å²) in [7, 11) is 0. The van der Waals surface area contributed by atoms with Gasteiger partial charge in [-0.25, -0.2) is 9.59 Å². The molecule has 1 fully saturated rings. The predicted molar refractivity (Wildman–Crippen MR) is 61.8 cm³/mol. The van der Waals surface area contributed by atoms with Crippen molar-refractivity contribution < 1.29 is 29.0 Å². The molecule has 1 aromatic rings. The Morgan fingerprint density at radius 2 is 1.95 bits per heavy atom. The summed E-state index contributed by atoms with van der Waals surface area (Å²) in [5, 5.41) is 11.9. The van der Waals surface area contributed by atoms with Crippen molar-refractivity contribution in [3.05, 3.63) is 36.3 Å². The van der Waals surface area contributed by atoms with Crippen LogP contribution in [0.5, 0.6) is 0 Å². The lowest BCUT2D eigenvalue weighted by Gasteiger charge is -2.29. The van der Waals surface area contributed by atoms with Crippen LogP contribution in [-0.2, 0) is 19.1 Å². The Morgan fingerprint density at radius 3 is 2.53 bits per heavy atom. The molecular formula is C12H13N2O5+. The number of pyridine rings is 1. The van der Waals surface area contributed by atoms with Gasteiger partial charge < -0.3 is 14.8 Å². The quantitative estimate of drug-likeness (QED) is 0.263. The Morgan fingerprint density at radius 1 is 1.32 bits per heavy atom. The highest BCUT2D eigenvalue weighted by molar-refractivity contribution is 6.15. The van der Waals surface area contributed by atoms with Gasteiger partial charge >= 0.3 is 11.9 Å². The summed E-state index contributed by atoms with van der Waals surface area (Å²) in [6.07, 6.45) is 3.96. The smallest absolute Gasteiger partial charge is 0.350 e. The lowest BCUT2D eigenvalue weighted by Crippen LogP contribution is -2.42. The van der Waals surface area contributed by atoms with Gasteiger partial charge in [0.1, 0.15) is 5.69 Å². The highest BCUT2D eigenvalue weighted by atomic mass is 16.7. The van der Waals surface area contributed by atoms with Crippen molar-refractivity contribution in [2.75, 3.05) is 5.32 Å². The fourth-order valence-electron chi connectivity index (χ4n) is 1.48. The largest absolute Gasteiger partial charge is 0.419 e. The topological polar surface area (TPSA) is 88.7 Å². The zero-order valence-electron chi connectivity index (χ0n) is 10.4. The number of esters is 2. The van der Waals surface area contributed by atoms with Crippen molar-refractivity contribution in [1.29, 1.82) is 0 Å². The van der Waals surface area contributed by atoms with Gasteiger partial charge in [0.25, 0.3) is 5.79 Å². The van der Waals surface area contributed by atoms with E-state index < -0.39 is 17.7 Å². The van der Waals surface area contributed by atoms with E-state index >= 15 is 0 Å². The zero-order chi connectivity index (χ0) is 14.0. The first kappa shape index (κ1) is 12.9. The molecule has 1 aliphatic heterocycles. The van der Waals surface area contributed by atoms with Gasteiger partial charge in [-0.1, -0.05) is 0 Å². The number of nitrogens with one attached hydrogen (secondary N) is 1. The summed E-state index contributed by atoms with van der Waals surface area (Å²) < 4.78 is 10.7. The first-order valence-corrected chi connectivity index (χ1v) is 5.51. The fraction of sp³-hybridized carbons (Fsp3) is 0.250. The number of anilines is 1. The van der Waals surface area contributed by atoms with Crippen molar-refractivity contribution in [2.24, 2.45) is 0 Å². The van der Waals surface area contributed by atoms with Crippen LogP contribution in [0.2, 0.25) is 0 Å². The lowest BCUT2D eigenvalue weighted by atomic mass is 10.2. The standard InChI is InChI=1S/C12H12N2O5/c1-12(2)18-10(15)9(11(16)19-12)6-13-8-4-3-5-14(17)7-8/h3-7H,1-2H3,(H-,13,15,16,17)/p+1. The lowest BCUT2D eigenvalue weighted by molar-refractivity contribution is -0.904. The molecule has 2 N–H and O–H groups in total. The van der Waals surface area contributed by atoms with Gasteiger partial charge in [0.15, 0.2) is 5.57 Å². The third-order valence-electron chi connectivity index (χ3n) is 2.29. The molecule has 0 atom stereocenters. The van der Waals surface area contributed by atoms with Crippen molar-refractivity contribution in [3.63, 3.8) is 0 Å². The van der Waals surface area contributed by atoms with Crippen molar-refractivity contribution in [3.8, 4) is 0 Å². The third kappa shape index (κ3) is 3.01. The van der Waals surface area contributed by atoms with Gasteiger partial charge in [0.05, 0.1) is 0 Å². The molecule has 2 rings (SSSR count). The Hall–Kier alpha value is -2.57. The van der Waals surface area contributed by atoms with E-state index in [0.29, 0.717) is 5.69 Å². The number of rotatable bonds is 2. The zero-order valence-corrected chi connectivity index (χ0v) is 10.4. The Kier molecular flexibility index (Phi) is 3.12. The normalized spacial score (nSPS) is 17.5. The van der Waals surface area contributed by atoms with Crippen LogP contribution in [0.1, 0.15) is 13.8 Å². The van der Waals surface area contributed by atoms with E-state index in [-0.39, 0.29) is 5.57 Å². The van der Waals surface area contributed by atoms with Crippen LogP contribution in [0.15, 0.2) is 36.3 Å². The number of hydrogen-bond donors (Lipinski definition) is 2. The molecule has 0 unspecified atom stereocenters. The molecule has 19 heavy (non-hydrogen) atoms. The summed E-state index contributed by atoms with van der Waals surface area (Å²) in [5.41, 5.74) is 0.246. The summed E-state index contributed by atoms with van der Waals surface area (Å²) in [6.45, 7) is 2.94. The molecule has 1 aromatic heterocycles. The van der Waals surface area contributed by atoms with Crippen LogP contribution in [0.4, 0.5) is 5.69 Å². The molecule has 0 saturated carbocycles. The molecule has 0 amide bonds. The summed E-state index contributed by atoms with van der Waals surface area (Å²) >= 11 is 0. The third-order valence-corrected chi connectivity index (χ3v) is 2.29. The molecule has 0 aromatic carbocycles. The molecule has 1 saturated heterocycles. The van der Waals surface area contributed by atoms with Crippen LogP contribution in [0.25, 0.3) is 0 Å². The van der Waals surface area contributed by atoms with Crippen molar-refractivity contribution >= 4 is 17.6 Å². The molecule has 100 valence electrons. The number of cyclic esters (lactones) is 2. The number of carbonyl (C=O) groups excluding carboxylic acids is 2. The molecule has 0 bridgehead atoms. The van der Waals surface area contributed by atoms with E-state index in [4.69, 9.17) is 9.47 Å². The summed E-state index contributed by atoms with van der Waals surface area (Å²) in [6, 6.07) is 3.23. The maximum atomic E-state index is 11.6. The second-order valence-corrected chi connectivity index (χ2v) is 4.35. The van der Waals surface area contributed by atoms with Crippen molar-refractivity contribution in [2.45, 2.75) is 19.6 Å². The molecular weight excluding hydrogens is 252 g/mol. The number of ether oxygens (including phenoxy) is 2. The molecule has 0 radical (unpaired) electrons. The number of nitrogens with zero attached hydrogens (tertiary/aromatic N) is 1. The maximum absolute atomic E-state index is 11.6. The first-order valence-electron chi connectivity index (χ1n) is 5.51. The van der Waals surface area contributed by atoms with E-state index in [2.05, 4.69) is 5.32 Å². The van der Waals surface area contributed by atoms with Gasteiger partial charge in [-0.3, -0.25) is 5.21 Å². The highest BCUT2D eigenvalue weighted by Gasteiger charge is 2.38. The molecule has 0 aliphatic carbocycles. The van der Waals surface area contributed by atoms with E-state index in [9.17, 15) is 14.8 Å². The average Bonchev–Trinajstić information content (AvgIpc) is 2.26. The van der Waals surface area contributed by atoms with Crippen LogP contribution < -0.4 is 10.0 Å².